The van der Waals surface area contributed by atoms with Crippen LogP contribution in [0.4, 0.5) is 11.1 Å². The minimum atomic E-state index is -0.338. The molecular formula is C6H7N5O2S. The summed E-state index contributed by atoms with van der Waals surface area (Å²) in [6.07, 6.45) is 0. The molecule has 74 valence electrons. The largest absolute Gasteiger partial charge is 0.367 e. The normalized spacial score (nSPS) is 17.0. The molecule has 2 rings (SSSR count). The summed E-state index contributed by atoms with van der Waals surface area (Å²) in [5.74, 6) is -0.520. The van der Waals surface area contributed by atoms with Gasteiger partial charge in [0.05, 0.1) is 0 Å². The van der Waals surface area contributed by atoms with E-state index in [1.807, 2.05) is 0 Å². The Balaban J connectivity index is 2.18. The molecule has 0 saturated carbocycles. The Bertz CT molecular complexity index is 373. The van der Waals surface area contributed by atoms with Gasteiger partial charge in [0.2, 0.25) is 22.9 Å². The molecule has 1 fully saturated rings. The third kappa shape index (κ3) is 1.64. The van der Waals surface area contributed by atoms with Crippen molar-refractivity contribution < 1.29 is 9.59 Å². The van der Waals surface area contributed by atoms with Crippen molar-refractivity contribution >= 4 is 34.4 Å². The molecule has 3 N–H and O–H groups in total. The second kappa shape index (κ2) is 3.22. The number of amides is 2. The maximum absolute atomic E-state index is 11.0. The molecule has 1 aliphatic rings. The standard InChI is InChI=1S/C6H7N5O2S/c7-5-9-6(14-10-5)11-1-3(12)8-4(13)2-11/h1-2H2,(H2,7,10)(H,8,12,13). The third-order valence-corrected chi connectivity index (χ3v) is 2.44. The summed E-state index contributed by atoms with van der Waals surface area (Å²) in [5.41, 5.74) is 5.33. The number of nitrogens with zero attached hydrogens (tertiary/aromatic N) is 3. The first-order valence-corrected chi connectivity index (χ1v) is 4.59. The van der Waals surface area contributed by atoms with Gasteiger partial charge >= 0.3 is 0 Å². The first-order chi connectivity index (χ1) is 6.65. The van der Waals surface area contributed by atoms with Crippen molar-refractivity contribution in [1.29, 1.82) is 0 Å². The Kier molecular flexibility index (Phi) is 2.04. The fourth-order valence-corrected chi connectivity index (χ4v) is 1.72. The van der Waals surface area contributed by atoms with Crippen molar-refractivity contribution in [3.8, 4) is 0 Å². The highest BCUT2D eigenvalue weighted by atomic mass is 32.1. The lowest BCUT2D eigenvalue weighted by molar-refractivity contribution is -0.130. The number of hydrogen-bond donors (Lipinski definition) is 2. The number of aromatic nitrogens is 2. The first kappa shape index (κ1) is 8.88. The molecule has 0 bridgehead atoms. The summed E-state index contributed by atoms with van der Waals surface area (Å²) in [7, 11) is 0. The van der Waals surface area contributed by atoms with E-state index in [9.17, 15) is 9.59 Å². The van der Waals surface area contributed by atoms with Gasteiger partial charge in [0.1, 0.15) is 13.1 Å². The molecule has 7 nitrogen and oxygen atoms in total. The van der Waals surface area contributed by atoms with Crippen LogP contribution in [-0.4, -0.2) is 34.3 Å². The summed E-state index contributed by atoms with van der Waals surface area (Å²) in [5, 5.41) is 2.68. The van der Waals surface area contributed by atoms with Gasteiger partial charge in [-0.3, -0.25) is 14.9 Å². The minimum Gasteiger partial charge on any atom is -0.367 e. The average molecular weight is 213 g/mol. The summed E-state index contributed by atoms with van der Waals surface area (Å²) in [4.78, 5) is 27.5. The molecular weight excluding hydrogens is 206 g/mol. The van der Waals surface area contributed by atoms with Crippen molar-refractivity contribution in [3.63, 3.8) is 0 Å². The van der Waals surface area contributed by atoms with E-state index in [4.69, 9.17) is 5.73 Å². The van der Waals surface area contributed by atoms with Crippen molar-refractivity contribution in [2.24, 2.45) is 0 Å². The highest BCUT2D eigenvalue weighted by Crippen LogP contribution is 2.18. The van der Waals surface area contributed by atoms with Crippen LogP contribution in [0.5, 0.6) is 0 Å². The minimum absolute atomic E-state index is 0.111. The number of nitrogens with one attached hydrogen (secondary N) is 1. The van der Waals surface area contributed by atoms with Gasteiger partial charge in [-0.05, 0) is 0 Å². The van der Waals surface area contributed by atoms with E-state index in [-0.39, 0.29) is 30.9 Å². The van der Waals surface area contributed by atoms with E-state index in [0.717, 1.165) is 11.5 Å². The summed E-state index contributed by atoms with van der Waals surface area (Å²) in [6.45, 7) is 0.223. The van der Waals surface area contributed by atoms with Crippen LogP contribution < -0.4 is 16.0 Å². The molecule has 1 saturated heterocycles. The van der Waals surface area contributed by atoms with Crippen LogP contribution in [0.25, 0.3) is 0 Å². The topological polar surface area (TPSA) is 101 Å². The summed E-state index contributed by atoms with van der Waals surface area (Å²) < 4.78 is 3.77. The van der Waals surface area contributed by atoms with Gasteiger partial charge in [-0.1, -0.05) is 0 Å². The Morgan fingerprint density at radius 3 is 2.50 bits per heavy atom. The molecule has 1 aromatic heterocycles. The molecule has 8 heteroatoms. The van der Waals surface area contributed by atoms with Crippen molar-refractivity contribution in [1.82, 2.24) is 14.7 Å². The smallest absolute Gasteiger partial charge is 0.246 e. The Labute approximate surface area is 83.1 Å². The second-order valence-electron chi connectivity index (χ2n) is 2.76. The van der Waals surface area contributed by atoms with Crippen LogP contribution in [0.2, 0.25) is 0 Å². The monoisotopic (exact) mass is 213 g/mol. The number of nitrogen functional groups attached to an aromatic ring is 1. The predicted molar refractivity (Wildman–Crippen MR) is 49.7 cm³/mol. The number of imide groups is 1. The van der Waals surface area contributed by atoms with Gasteiger partial charge in [-0.15, -0.1) is 0 Å². The zero-order chi connectivity index (χ0) is 10.1. The van der Waals surface area contributed by atoms with E-state index in [2.05, 4.69) is 14.7 Å². The number of carbonyl (C=O) groups is 2. The predicted octanol–water partition coefficient (Wildman–Crippen LogP) is -1.42. The molecule has 0 aromatic carbocycles. The molecule has 14 heavy (non-hydrogen) atoms. The average Bonchev–Trinajstić information content (AvgIpc) is 2.50. The molecule has 0 radical (unpaired) electrons. The quantitative estimate of drug-likeness (QED) is 0.555. The van der Waals surface area contributed by atoms with E-state index in [0.29, 0.717) is 5.13 Å². The molecule has 0 unspecified atom stereocenters. The maximum Gasteiger partial charge on any atom is 0.246 e. The lowest BCUT2D eigenvalue weighted by Gasteiger charge is -2.23. The molecule has 1 aliphatic heterocycles. The fraction of sp³-hybridized carbons (Fsp3) is 0.333. The fourth-order valence-electron chi connectivity index (χ4n) is 1.13. The van der Waals surface area contributed by atoms with Gasteiger partial charge in [0.25, 0.3) is 0 Å². The van der Waals surface area contributed by atoms with E-state index in [1.165, 1.54) is 4.90 Å². The number of anilines is 2. The number of carbonyl (C=O) groups excluding carboxylic acids is 2. The van der Waals surface area contributed by atoms with Gasteiger partial charge < -0.3 is 10.6 Å². The second-order valence-corrected chi connectivity index (χ2v) is 3.49. The van der Waals surface area contributed by atoms with Crippen molar-refractivity contribution in [2.45, 2.75) is 0 Å². The lowest BCUT2D eigenvalue weighted by atomic mass is 10.4. The zero-order valence-corrected chi connectivity index (χ0v) is 7.87. The van der Waals surface area contributed by atoms with Gasteiger partial charge in [0.15, 0.2) is 0 Å². The molecule has 2 heterocycles. The third-order valence-electron chi connectivity index (χ3n) is 1.65. The number of rotatable bonds is 1. The van der Waals surface area contributed by atoms with Crippen LogP contribution in [-0.2, 0) is 9.59 Å². The van der Waals surface area contributed by atoms with Crippen LogP contribution in [0.15, 0.2) is 0 Å². The van der Waals surface area contributed by atoms with E-state index >= 15 is 0 Å². The summed E-state index contributed by atoms with van der Waals surface area (Å²) in [6, 6.07) is 0. The van der Waals surface area contributed by atoms with E-state index < -0.39 is 0 Å². The Morgan fingerprint density at radius 2 is 2.00 bits per heavy atom. The summed E-state index contributed by atoms with van der Waals surface area (Å²) >= 11 is 1.07. The van der Waals surface area contributed by atoms with E-state index in [1.54, 1.807) is 0 Å². The number of nitrogens with two attached hydrogens (primary N) is 1. The van der Waals surface area contributed by atoms with Crippen molar-refractivity contribution in [3.05, 3.63) is 0 Å². The van der Waals surface area contributed by atoms with Gasteiger partial charge in [0, 0.05) is 11.5 Å². The van der Waals surface area contributed by atoms with Crippen molar-refractivity contribution in [2.75, 3.05) is 23.7 Å². The molecule has 2 amide bonds. The van der Waals surface area contributed by atoms with Crippen LogP contribution in [0, 0.1) is 0 Å². The number of hydrogen-bond acceptors (Lipinski definition) is 7. The SMILES string of the molecule is Nc1nsc(N2CC(=O)NC(=O)C2)n1. The van der Waals surface area contributed by atoms with Gasteiger partial charge in [-0.2, -0.15) is 9.36 Å². The molecule has 1 aromatic rings. The lowest BCUT2D eigenvalue weighted by Crippen LogP contribution is -2.51. The van der Waals surface area contributed by atoms with Gasteiger partial charge in [-0.25, -0.2) is 0 Å². The number of piperazine rings is 1. The molecule has 0 spiro atoms. The maximum atomic E-state index is 11.0. The molecule has 0 aliphatic carbocycles. The van der Waals surface area contributed by atoms with Crippen LogP contribution in [0.3, 0.4) is 0 Å². The Hall–Kier alpha value is -1.70. The van der Waals surface area contributed by atoms with Crippen LogP contribution in [0.1, 0.15) is 0 Å². The molecule has 0 atom stereocenters. The highest BCUT2D eigenvalue weighted by molar-refractivity contribution is 7.10. The van der Waals surface area contributed by atoms with Crippen LogP contribution >= 0.6 is 11.5 Å². The zero-order valence-electron chi connectivity index (χ0n) is 7.06. The Morgan fingerprint density at radius 1 is 1.36 bits per heavy atom. The highest BCUT2D eigenvalue weighted by Gasteiger charge is 2.24. The first-order valence-electron chi connectivity index (χ1n) is 3.82.